The number of benzene rings is 1. The van der Waals surface area contributed by atoms with Crippen LogP contribution in [0.5, 0.6) is 0 Å². The molecule has 0 radical (unpaired) electrons. The van der Waals surface area contributed by atoms with Crippen LogP contribution < -0.4 is 5.32 Å². The first-order valence-corrected chi connectivity index (χ1v) is 6.97. The van der Waals surface area contributed by atoms with E-state index in [0.717, 1.165) is 25.3 Å². The number of hydrogen-bond donors (Lipinski definition) is 1. The Morgan fingerprint density at radius 1 is 1.20 bits per heavy atom. The molecule has 1 aromatic heterocycles. The second-order valence-electron chi connectivity index (χ2n) is 4.67. The number of ether oxygens (including phenoxy) is 1. The SMILES string of the molecule is CCc1ccc(Cn2ncnc2CNCCOC)cc1. The van der Waals surface area contributed by atoms with E-state index in [0.29, 0.717) is 13.2 Å². The van der Waals surface area contributed by atoms with Gasteiger partial charge < -0.3 is 10.1 Å². The molecule has 5 nitrogen and oxygen atoms in total. The molecule has 20 heavy (non-hydrogen) atoms. The number of nitrogens with zero attached hydrogens (tertiary/aromatic N) is 3. The molecule has 0 saturated carbocycles. The molecule has 0 bridgehead atoms. The zero-order valence-electron chi connectivity index (χ0n) is 12.2. The largest absolute Gasteiger partial charge is 0.383 e. The van der Waals surface area contributed by atoms with Crippen LogP contribution in [-0.4, -0.2) is 35.0 Å². The van der Waals surface area contributed by atoms with Crippen LogP contribution >= 0.6 is 0 Å². The Morgan fingerprint density at radius 2 is 1.95 bits per heavy atom. The molecule has 0 aliphatic carbocycles. The summed E-state index contributed by atoms with van der Waals surface area (Å²) in [4.78, 5) is 4.29. The summed E-state index contributed by atoms with van der Waals surface area (Å²) in [5.74, 6) is 0.945. The van der Waals surface area contributed by atoms with Gasteiger partial charge in [0, 0.05) is 13.7 Å². The van der Waals surface area contributed by atoms with E-state index in [1.54, 1.807) is 13.4 Å². The fourth-order valence-corrected chi connectivity index (χ4v) is 1.98. The first-order valence-electron chi connectivity index (χ1n) is 6.97. The first-order chi connectivity index (χ1) is 9.83. The number of hydrogen-bond acceptors (Lipinski definition) is 4. The van der Waals surface area contributed by atoms with Crippen molar-refractivity contribution in [1.82, 2.24) is 20.1 Å². The van der Waals surface area contributed by atoms with Crippen molar-refractivity contribution >= 4 is 0 Å². The third-order valence-electron chi connectivity index (χ3n) is 3.23. The third-order valence-corrected chi connectivity index (χ3v) is 3.23. The molecule has 0 unspecified atom stereocenters. The van der Waals surface area contributed by atoms with Gasteiger partial charge in [-0.15, -0.1) is 0 Å². The number of aromatic nitrogens is 3. The van der Waals surface area contributed by atoms with Gasteiger partial charge in [-0.1, -0.05) is 31.2 Å². The van der Waals surface area contributed by atoms with Gasteiger partial charge >= 0.3 is 0 Å². The summed E-state index contributed by atoms with van der Waals surface area (Å²) in [7, 11) is 1.70. The van der Waals surface area contributed by atoms with Gasteiger partial charge in [-0.05, 0) is 17.5 Å². The van der Waals surface area contributed by atoms with E-state index in [2.05, 4.69) is 46.6 Å². The predicted octanol–water partition coefficient (Wildman–Crippen LogP) is 1.62. The van der Waals surface area contributed by atoms with Crippen LogP contribution in [0.4, 0.5) is 0 Å². The molecule has 108 valence electrons. The molecule has 0 amide bonds. The monoisotopic (exact) mass is 274 g/mol. The van der Waals surface area contributed by atoms with Crippen LogP contribution in [0.25, 0.3) is 0 Å². The van der Waals surface area contributed by atoms with E-state index in [9.17, 15) is 0 Å². The van der Waals surface area contributed by atoms with Crippen LogP contribution in [0.2, 0.25) is 0 Å². The molecule has 0 fully saturated rings. The number of methoxy groups -OCH3 is 1. The zero-order valence-corrected chi connectivity index (χ0v) is 12.2. The highest BCUT2D eigenvalue weighted by Gasteiger charge is 2.04. The summed E-state index contributed by atoms with van der Waals surface area (Å²) in [6, 6.07) is 8.65. The third kappa shape index (κ3) is 4.15. The molecule has 0 aliphatic heterocycles. The lowest BCUT2D eigenvalue weighted by Crippen LogP contribution is -2.21. The van der Waals surface area contributed by atoms with Crippen LogP contribution in [0.15, 0.2) is 30.6 Å². The fraction of sp³-hybridized carbons (Fsp3) is 0.467. The summed E-state index contributed by atoms with van der Waals surface area (Å²) in [5, 5.41) is 7.57. The van der Waals surface area contributed by atoms with Crippen molar-refractivity contribution in [2.45, 2.75) is 26.4 Å². The number of aryl methyl sites for hydroxylation is 1. The minimum Gasteiger partial charge on any atom is -0.383 e. The quantitative estimate of drug-likeness (QED) is 0.743. The summed E-state index contributed by atoms with van der Waals surface area (Å²) in [6.07, 6.45) is 2.67. The first kappa shape index (κ1) is 14.7. The fourth-order valence-electron chi connectivity index (χ4n) is 1.98. The van der Waals surface area contributed by atoms with Crippen molar-refractivity contribution in [3.63, 3.8) is 0 Å². The van der Waals surface area contributed by atoms with Gasteiger partial charge in [0.15, 0.2) is 0 Å². The maximum absolute atomic E-state index is 5.00. The smallest absolute Gasteiger partial charge is 0.141 e. The van der Waals surface area contributed by atoms with E-state index < -0.39 is 0 Å². The van der Waals surface area contributed by atoms with Crippen LogP contribution in [-0.2, 0) is 24.2 Å². The summed E-state index contributed by atoms with van der Waals surface area (Å²) in [5.41, 5.74) is 2.60. The summed E-state index contributed by atoms with van der Waals surface area (Å²) in [6.45, 7) is 5.14. The van der Waals surface area contributed by atoms with E-state index in [4.69, 9.17) is 4.74 Å². The lowest BCUT2D eigenvalue weighted by Gasteiger charge is -2.08. The Balaban J connectivity index is 1.93. The van der Waals surface area contributed by atoms with Gasteiger partial charge in [-0.2, -0.15) is 5.10 Å². The number of nitrogens with one attached hydrogen (secondary N) is 1. The topological polar surface area (TPSA) is 52.0 Å². The lowest BCUT2D eigenvalue weighted by atomic mass is 10.1. The Morgan fingerprint density at radius 3 is 2.65 bits per heavy atom. The van der Waals surface area contributed by atoms with Crippen molar-refractivity contribution in [3.8, 4) is 0 Å². The highest BCUT2D eigenvalue weighted by Crippen LogP contribution is 2.07. The lowest BCUT2D eigenvalue weighted by molar-refractivity contribution is 0.198. The van der Waals surface area contributed by atoms with E-state index in [1.165, 1.54) is 11.1 Å². The Bertz CT molecular complexity index is 507. The van der Waals surface area contributed by atoms with Crippen molar-refractivity contribution in [3.05, 3.63) is 47.5 Å². The molecule has 0 spiro atoms. The molecule has 1 aromatic carbocycles. The second-order valence-corrected chi connectivity index (χ2v) is 4.67. The van der Waals surface area contributed by atoms with Gasteiger partial charge in [0.2, 0.25) is 0 Å². The van der Waals surface area contributed by atoms with Crippen molar-refractivity contribution in [1.29, 1.82) is 0 Å². The average Bonchev–Trinajstić information content (AvgIpc) is 2.92. The molecule has 0 saturated heterocycles. The molecular formula is C15H22N4O. The maximum Gasteiger partial charge on any atom is 0.141 e. The van der Waals surface area contributed by atoms with E-state index in [-0.39, 0.29) is 0 Å². The van der Waals surface area contributed by atoms with Crippen LogP contribution in [0, 0.1) is 0 Å². The molecule has 1 N–H and O–H groups in total. The molecule has 0 atom stereocenters. The maximum atomic E-state index is 5.00. The zero-order chi connectivity index (χ0) is 14.2. The molecule has 5 heteroatoms. The van der Waals surface area contributed by atoms with Gasteiger partial charge in [-0.3, -0.25) is 0 Å². The normalized spacial score (nSPS) is 10.9. The van der Waals surface area contributed by atoms with Crippen molar-refractivity contribution in [2.24, 2.45) is 0 Å². The minimum atomic E-state index is 0.701. The standard InChI is InChI=1S/C15H22N4O/c1-3-13-4-6-14(7-5-13)11-19-15(17-12-18-19)10-16-8-9-20-2/h4-7,12,16H,3,8-11H2,1-2H3. The summed E-state index contributed by atoms with van der Waals surface area (Å²) < 4.78 is 6.93. The molecule has 0 aliphatic rings. The average molecular weight is 274 g/mol. The Labute approximate surface area is 120 Å². The van der Waals surface area contributed by atoms with Gasteiger partial charge in [0.05, 0.1) is 19.7 Å². The van der Waals surface area contributed by atoms with Crippen molar-refractivity contribution < 1.29 is 4.74 Å². The van der Waals surface area contributed by atoms with Crippen LogP contribution in [0.1, 0.15) is 23.9 Å². The Kier molecular flexibility index (Phi) is 5.70. The van der Waals surface area contributed by atoms with E-state index in [1.807, 2.05) is 4.68 Å². The summed E-state index contributed by atoms with van der Waals surface area (Å²) >= 11 is 0. The molecule has 1 heterocycles. The highest BCUT2D eigenvalue weighted by atomic mass is 16.5. The van der Waals surface area contributed by atoms with Crippen molar-refractivity contribution in [2.75, 3.05) is 20.3 Å². The van der Waals surface area contributed by atoms with Gasteiger partial charge in [0.1, 0.15) is 12.2 Å². The molecular weight excluding hydrogens is 252 g/mol. The second kappa shape index (κ2) is 7.77. The van der Waals surface area contributed by atoms with Gasteiger partial charge in [0.25, 0.3) is 0 Å². The molecule has 2 rings (SSSR count). The predicted molar refractivity (Wildman–Crippen MR) is 78.5 cm³/mol. The Hall–Kier alpha value is -1.72. The van der Waals surface area contributed by atoms with Crippen LogP contribution in [0.3, 0.4) is 0 Å². The highest BCUT2D eigenvalue weighted by molar-refractivity contribution is 5.22. The minimum absolute atomic E-state index is 0.701. The molecule has 2 aromatic rings. The van der Waals surface area contributed by atoms with Gasteiger partial charge in [-0.25, -0.2) is 9.67 Å². The number of rotatable bonds is 8. The van der Waals surface area contributed by atoms with E-state index >= 15 is 0 Å².